The summed E-state index contributed by atoms with van der Waals surface area (Å²) >= 11 is 0. The van der Waals surface area contributed by atoms with E-state index in [1.54, 1.807) is 25.1 Å². The molecule has 0 atom stereocenters. The van der Waals surface area contributed by atoms with Crippen LogP contribution in [0.2, 0.25) is 0 Å². The van der Waals surface area contributed by atoms with E-state index in [2.05, 4.69) is 20.4 Å². The lowest BCUT2D eigenvalue weighted by Gasteiger charge is -2.13. The molecule has 0 fully saturated rings. The van der Waals surface area contributed by atoms with Gasteiger partial charge in [-0.15, -0.1) is 0 Å². The molecule has 0 unspecified atom stereocenters. The normalized spacial score (nSPS) is 10.7. The zero-order valence-corrected chi connectivity index (χ0v) is 17.5. The van der Waals surface area contributed by atoms with Crippen LogP contribution in [0, 0.1) is 6.92 Å². The lowest BCUT2D eigenvalue weighted by atomic mass is 10.1. The average Bonchev–Trinajstić information content (AvgIpc) is 3.17. The van der Waals surface area contributed by atoms with Crippen LogP contribution in [0.1, 0.15) is 16.1 Å². The van der Waals surface area contributed by atoms with E-state index in [-0.39, 0.29) is 17.4 Å². The van der Waals surface area contributed by atoms with Gasteiger partial charge >= 0.3 is 0 Å². The fourth-order valence-electron chi connectivity index (χ4n) is 3.14. The van der Waals surface area contributed by atoms with Crippen molar-refractivity contribution in [3.05, 3.63) is 88.3 Å². The molecule has 0 spiro atoms. The lowest BCUT2D eigenvalue weighted by Crippen LogP contribution is -2.19. The zero-order valence-electron chi connectivity index (χ0n) is 17.5. The second kappa shape index (κ2) is 8.27. The van der Waals surface area contributed by atoms with Gasteiger partial charge in [0.15, 0.2) is 0 Å². The fourth-order valence-corrected chi connectivity index (χ4v) is 3.14. The molecule has 1 amide bonds. The Hall–Kier alpha value is -4.20. The Bertz CT molecular complexity index is 1270. The molecule has 2 aromatic heterocycles. The van der Waals surface area contributed by atoms with Crippen molar-refractivity contribution in [1.29, 1.82) is 0 Å². The Morgan fingerprint density at radius 1 is 1.03 bits per heavy atom. The topological polar surface area (TPSA) is 95.9 Å². The molecule has 4 aromatic rings. The number of aryl methyl sites for hydroxylation is 1. The molecule has 8 heteroatoms. The molecule has 0 aliphatic rings. The first-order chi connectivity index (χ1) is 14.9. The summed E-state index contributed by atoms with van der Waals surface area (Å²) in [5, 5.41) is 7.47. The van der Waals surface area contributed by atoms with Gasteiger partial charge in [0.1, 0.15) is 5.82 Å². The molecule has 4 rings (SSSR count). The number of rotatable bonds is 5. The van der Waals surface area contributed by atoms with Crippen LogP contribution in [0.15, 0.2) is 71.5 Å². The molecule has 156 valence electrons. The van der Waals surface area contributed by atoms with Crippen LogP contribution < -0.4 is 15.8 Å². The van der Waals surface area contributed by atoms with Gasteiger partial charge in [0.25, 0.3) is 11.5 Å². The number of nitrogens with one attached hydrogen (secondary N) is 2. The third-order valence-corrected chi connectivity index (χ3v) is 4.72. The van der Waals surface area contributed by atoms with E-state index in [0.717, 1.165) is 11.3 Å². The maximum absolute atomic E-state index is 12.9. The molecule has 0 radical (unpaired) electrons. The number of aromatic amines is 1. The summed E-state index contributed by atoms with van der Waals surface area (Å²) < 4.78 is 1.43. The summed E-state index contributed by atoms with van der Waals surface area (Å²) in [4.78, 5) is 33.9. The van der Waals surface area contributed by atoms with Gasteiger partial charge in [-0.05, 0) is 31.2 Å². The van der Waals surface area contributed by atoms with Crippen molar-refractivity contribution >= 4 is 17.4 Å². The number of aromatic nitrogens is 4. The zero-order chi connectivity index (χ0) is 22.0. The predicted molar refractivity (Wildman–Crippen MR) is 121 cm³/mol. The molecular formula is C23H22N6O2. The van der Waals surface area contributed by atoms with Crippen LogP contribution in [0.5, 0.6) is 0 Å². The molecule has 8 nitrogen and oxygen atoms in total. The van der Waals surface area contributed by atoms with E-state index in [1.165, 1.54) is 10.7 Å². The van der Waals surface area contributed by atoms with Crippen molar-refractivity contribution in [1.82, 2.24) is 19.7 Å². The summed E-state index contributed by atoms with van der Waals surface area (Å²) in [6.07, 6.45) is 0. The van der Waals surface area contributed by atoms with Gasteiger partial charge in [-0.1, -0.05) is 30.3 Å². The van der Waals surface area contributed by atoms with E-state index in [4.69, 9.17) is 0 Å². The van der Waals surface area contributed by atoms with Crippen LogP contribution in [-0.4, -0.2) is 39.8 Å². The second-order valence-electron chi connectivity index (χ2n) is 7.30. The first-order valence-corrected chi connectivity index (χ1v) is 9.73. The summed E-state index contributed by atoms with van der Waals surface area (Å²) in [5.74, 6) is 0.334. The minimum atomic E-state index is -0.296. The van der Waals surface area contributed by atoms with Crippen LogP contribution in [0.3, 0.4) is 0 Å². The number of H-pyrrole nitrogens is 1. The largest absolute Gasteiger partial charge is 0.378 e. The Morgan fingerprint density at radius 3 is 2.39 bits per heavy atom. The van der Waals surface area contributed by atoms with E-state index in [9.17, 15) is 9.59 Å². The van der Waals surface area contributed by atoms with Gasteiger partial charge in [-0.3, -0.25) is 14.6 Å². The molecule has 0 saturated carbocycles. The highest BCUT2D eigenvalue weighted by Crippen LogP contribution is 2.24. The van der Waals surface area contributed by atoms with Crippen molar-refractivity contribution in [2.75, 3.05) is 24.3 Å². The number of carbonyl (C=O) groups is 1. The van der Waals surface area contributed by atoms with Crippen LogP contribution in [-0.2, 0) is 0 Å². The van der Waals surface area contributed by atoms with E-state index in [1.807, 2.05) is 61.5 Å². The SMILES string of the molecule is Cc1cc(=O)[nH]c(-n2nc(-c3ccccc3)cc2NC(=O)c2ccc(N(C)C)cc2)n1. The van der Waals surface area contributed by atoms with Gasteiger partial charge in [-0.25, -0.2) is 4.98 Å². The third kappa shape index (κ3) is 4.37. The molecular weight excluding hydrogens is 392 g/mol. The minimum absolute atomic E-state index is 0.227. The molecule has 2 heterocycles. The Kier molecular flexibility index (Phi) is 5.36. The van der Waals surface area contributed by atoms with E-state index in [0.29, 0.717) is 22.8 Å². The molecule has 2 N–H and O–H groups in total. The summed E-state index contributed by atoms with van der Waals surface area (Å²) in [7, 11) is 3.88. The molecule has 0 aliphatic carbocycles. The summed E-state index contributed by atoms with van der Waals surface area (Å²) in [5.41, 5.74) is 3.27. The van der Waals surface area contributed by atoms with Gasteiger partial charge in [0.2, 0.25) is 5.95 Å². The highest BCUT2D eigenvalue weighted by molar-refractivity contribution is 6.04. The standard InChI is InChI=1S/C23H22N6O2/c1-15-13-21(30)26-23(24-15)29-20(14-19(27-29)16-7-5-4-6-8-16)25-22(31)17-9-11-18(12-10-17)28(2)3/h4-14H,1-3H3,(H,25,31)(H,24,26,30). The van der Waals surface area contributed by atoms with Gasteiger partial charge in [0, 0.05) is 48.7 Å². The number of anilines is 2. The first kappa shape index (κ1) is 20.1. The van der Waals surface area contributed by atoms with Crippen molar-refractivity contribution in [2.45, 2.75) is 6.92 Å². The Morgan fingerprint density at radius 2 is 1.74 bits per heavy atom. The average molecular weight is 414 g/mol. The third-order valence-electron chi connectivity index (χ3n) is 4.72. The highest BCUT2D eigenvalue weighted by Gasteiger charge is 2.16. The van der Waals surface area contributed by atoms with Gasteiger partial charge < -0.3 is 10.2 Å². The number of hydrogen-bond donors (Lipinski definition) is 2. The van der Waals surface area contributed by atoms with Crippen molar-refractivity contribution in [2.24, 2.45) is 0 Å². The van der Waals surface area contributed by atoms with Gasteiger partial charge in [0.05, 0.1) is 5.69 Å². The predicted octanol–water partition coefficient (Wildman–Crippen LogP) is 3.25. The quantitative estimate of drug-likeness (QED) is 0.523. The first-order valence-electron chi connectivity index (χ1n) is 9.73. The number of carbonyl (C=O) groups excluding carboxylic acids is 1. The van der Waals surface area contributed by atoms with Crippen LogP contribution >= 0.6 is 0 Å². The smallest absolute Gasteiger partial charge is 0.256 e. The second-order valence-corrected chi connectivity index (χ2v) is 7.30. The molecule has 0 aliphatic heterocycles. The van der Waals surface area contributed by atoms with E-state index >= 15 is 0 Å². The van der Waals surface area contributed by atoms with Crippen LogP contribution in [0.25, 0.3) is 17.2 Å². The lowest BCUT2D eigenvalue weighted by molar-refractivity contribution is 0.102. The number of amides is 1. The fraction of sp³-hybridized carbons (Fsp3) is 0.130. The number of nitrogens with zero attached hydrogens (tertiary/aromatic N) is 4. The summed E-state index contributed by atoms with van der Waals surface area (Å²) in [6, 6.07) is 20.0. The van der Waals surface area contributed by atoms with Crippen molar-refractivity contribution in [3.8, 4) is 17.2 Å². The molecule has 2 aromatic carbocycles. The Labute approximate surface area is 179 Å². The Balaban J connectivity index is 1.73. The number of benzene rings is 2. The summed E-state index contributed by atoms with van der Waals surface area (Å²) in [6.45, 7) is 1.73. The monoisotopic (exact) mass is 414 g/mol. The maximum atomic E-state index is 12.9. The van der Waals surface area contributed by atoms with Crippen molar-refractivity contribution < 1.29 is 4.79 Å². The van der Waals surface area contributed by atoms with Crippen molar-refractivity contribution in [3.63, 3.8) is 0 Å². The highest BCUT2D eigenvalue weighted by atomic mass is 16.1. The van der Waals surface area contributed by atoms with E-state index < -0.39 is 0 Å². The minimum Gasteiger partial charge on any atom is -0.378 e. The van der Waals surface area contributed by atoms with Crippen LogP contribution in [0.4, 0.5) is 11.5 Å². The maximum Gasteiger partial charge on any atom is 0.256 e. The van der Waals surface area contributed by atoms with Gasteiger partial charge in [-0.2, -0.15) is 9.78 Å². The molecule has 0 saturated heterocycles. The molecule has 31 heavy (non-hydrogen) atoms. The number of hydrogen-bond acceptors (Lipinski definition) is 5. The molecule has 0 bridgehead atoms.